The van der Waals surface area contributed by atoms with Crippen molar-refractivity contribution in [1.29, 1.82) is 0 Å². The molecule has 1 unspecified atom stereocenters. The minimum absolute atomic E-state index is 0.333. The van der Waals surface area contributed by atoms with Crippen LogP contribution in [0.25, 0.3) is 10.8 Å². The third-order valence-corrected chi connectivity index (χ3v) is 7.56. The minimum atomic E-state index is -0.670. The van der Waals surface area contributed by atoms with Crippen molar-refractivity contribution >= 4 is 35.1 Å². The average molecular weight is 667 g/mol. The average Bonchev–Trinajstić information content (AvgIpc) is 3.14. The standard InChI is InChI=1S/C39H42N2O8/c1-4-20-48-39(43)35-24-29(11-19-36(35)45-3)27-41-40-26-28-10-12-32-25-33(14-13-31(32)23-28)38(49-44)30-15-17-34(18-16-30)46-21-8-6-7-9-22-47-37(42)5-2/h5,10-19,23-27,38,44H,2,4,6-9,20-22H2,1,3H3. The second-order valence-corrected chi connectivity index (χ2v) is 11.1. The van der Waals surface area contributed by atoms with Gasteiger partial charge in [0.1, 0.15) is 23.2 Å². The summed E-state index contributed by atoms with van der Waals surface area (Å²) < 4.78 is 21.4. The highest BCUT2D eigenvalue weighted by Crippen LogP contribution is 2.30. The van der Waals surface area contributed by atoms with E-state index >= 15 is 0 Å². The van der Waals surface area contributed by atoms with Crippen LogP contribution in [0.5, 0.6) is 11.5 Å². The highest BCUT2D eigenvalue weighted by molar-refractivity contribution is 5.95. The molecule has 49 heavy (non-hydrogen) atoms. The lowest BCUT2D eigenvalue weighted by atomic mass is 9.97. The van der Waals surface area contributed by atoms with Crippen LogP contribution in [0, 0.1) is 0 Å². The van der Waals surface area contributed by atoms with Gasteiger partial charge >= 0.3 is 11.9 Å². The molecule has 0 saturated carbocycles. The van der Waals surface area contributed by atoms with Crippen LogP contribution >= 0.6 is 0 Å². The second kappa shape index (κ2) is 19.5. The number of carbonyl (C=O) groups excluding carboxylic acids is 2. The van der Waals surface area contributed by atoms with E-state index in [-0.39, 0.29) is 0 Å². The normalized spacial score (nSPS) is 11.9. The molecule has 256 valence electrons. The Bertz CT molecular complexity index is 1750. The fourth-order valence-electron chi connectivity index (χ4n) is 5.00. The van der Waals surface area contributed by atoms with Crippen LogP contribution in [0.2, 0.25) is 0 Å². The summed E-state index contributed by atoms with van der Waals surface area (Å²) in [5.74, 6) is 0.330. The summed E-state index contributed by atoms with van der Waals surface area (Å²) in [7, 11) is 1.51. The van der Waals surface area contributed by atoms with Gasteiger partial charge in [-0.2, -0.15) is 10.2 Å². The van der Waals surface area contributed by atoms with E-state index in [0.29, 0.717) is 36.7 Å². The fourth-order valence-corrected chi connectivity index (χ4v) is 5.00. The maximum Gasteiger partial charge on any atom is 0.341 e. The third-order valence-electron chi connectivity index (χ3n) is 7.56. The molecule has 4 aromatic rings. The zero-order valence-corrected chi connectivity index (χ0v) is 27.9. The molecule has 0 amide bonds. The van der Waals surface area contributed by atoms with Gasteiger partial charge in [0.2, 0.25) is 0 Å². The Morgan fingerprint density at radius 3 is 2.12 bits per heavy atom. The van der Waals surface area contributed by atoms with Gasteiger partial charge in [-0.1, -0.05) is 49.9 Å². The Labute approximate surface area is 286 Å². The van der Waals surface area contributed by atoms with E-state index in [1.807, 2.05) is 67.6 Å². The number of benzene rings is 4. The molecule has 10 heteroatoms. The number of unbranched alkanes of at least 4 members (excludes halogenated alkanes) is 3. The monoisotopic (exact) mass is 666 g/mol. The molecule has 0 aliphatic heterocycles. The highest BCUT2D eigenvalue weighted by Gasteiger charge is 2.16. The van der Waals surface area contributed by atoms with Crippen molar-refractivity contribution in [1.82, 2.24) is 0 Å². The van der Waals surface area contributed by atoms with Crippen LogP contribution in [-0.4, -0.2) is 56.6 Å². The summed E-state index contributed by atoms with van der Waals surface area (Å²) in [5.41, 5.74) is 3.46. The van der Waals surface area contributed by atoms with Crippen molar-refractivity contribution in [2.75, 3.05) is 26.9 Å². The zero-order chi connectivity index (χ0) is 34.8. The molecule has 4 rings (SSSR count). The van der Waals surface area contributed by atoms with Gasteiger partial charge in [0, 0.05) is 6.08 Å². The number of ether oxygens (including phenoxy) is 4. The van der Waals surface area contributed by atoms with Crippen molar-refractivity contribution in [2.45, 2.75) is 45.1 Å². The van der Waals surface area contributed by atoms with Gasteiger partial charge < -0.3 is 18.9 Å². The van der Waals surface area contributed by atoms with Gasteiger partial charge in [-0.15, -0.1) is 0 Å². The summed E-state index contributed by atoms with van der Waals surface area (Å²) in [4.78, 5) is 28.4. The maximum atomic E-state index is 12.4. The van der Waals surface area contributed by atoms with E-state index < -0.39 is 18.0 Å². The first kappa shape index (κ1) is 36.5. The lowest BCUT2D eigenvalue weighted by molar-refractivity contribution is -0.270. The SMILES string of the molecule is C=CC(=O)OCCCCCCOc1ccc(C(OO)c2ccc3cc(C=NN=Cc4ccc(OC)c(C(=O)OCCC)c4)ccc3c2)cc1. The molecule has 1 N–H and O–H groups in total. The Hall–Kier alpha value is -5.32. The van der Waals surface area contributed by atoms with Gasteiger partial charge in [0.05, 0.1) is 39.4 Å². The molecule has 10 nitrogen and oxygen atoms in total. The third kappa shape index (κ3) is 11.1. The molecular formula is C39H42N2O8. The molecule has 0 heterocycles. The number of esters is 2. The Kier molecular flexibility index (Phi) is 14.5. The summed E-state index contributed by atoms with van der Waals surface area (Å²) in [6.45, 7) is 6.63. The lowest BCUT2D eigenvalue weighted by Gasteiger charge is -2.16. The van der Waals surface area contributed by atoms with Crippen LogP contribution < -0.4 is 9.47 Å². The van der Waals surface area contributed by atoms with Crippen molar-refractivity contribution in [3.8, 4) is 11.5 Å². The number of hydrogen-bond acceptors (Lipinski definition) is 10. The molecular weight excluding hydrogens is 624 g/mol. The number of nitrogens with zero attached hydrogens (tertiary/aromatic N) is 2. The quantitative estimate of drug-likeness (QED) is 0.0266. The van der Waals surface area contributed by atoms with Crippen LogP contribution in [0.4, 0.5) is 0 Å². The molecule has 0 saturated heterocycles. The summed E-state index contributed by atoms with van der Waals surface area (Å²) in [6, 6.07) is 24.4. The number of carbonyl (C=O) groups is 2. The lowest BCUT2D eigenvalue weighted by Crippen LogP contribution is -2.08. The van der Waals surface area contributed by atoms with Crippen molar-refractivity contribution in [3.63, 3.8) is 0 Å². The zero-order valence-electron chi connectivity index (χ0n) is 27.9. The van der Waals surface area contributed by atoms with E-state index in [2.05, 4.69) is 16.8 Å². The Balaban J connectivity index is 1.31. The van der Waals surface area contributed by atoms with Gasteiger partial charge in [0.15, 0.2) is 0 Å². The van der Waals surface area contributed by atoms with E-state index in [9.17, 15) is 14.8 Å². The summed E-state index contributed by atoms with van der Waals surface area (Å²) in [5, 5.41) is 20.1. The summed E-state index contributed by atoms with van der Waals surface area (Å²) >= 11 is 0. The fraction of sp³-hybridized carbons (Fsp3) is 0.282. The molecule has 0 fully saturated rings. The van der Waals surface area contributed by atoms with E-state index in [0.717, 1.165) is 65.3 Å². The highest BCUT2D eigenvalue weighted by atomic mass is 17.1. The van der Waals surface area contributed by atoms with Crippen molar-refractivity contribution < 1.29 is 38.7 Å². The summed E-state index contributed by atoms with van der Waals surface area (Å²) in [6.07, 6.45) is 8.06. The topological polar surface area (TPSA) is 125 Å². The van der Waals surface area contributed by atoms with Gasteiger partial charge in [-0.3, -0.25) is 5.26 Å². The Morgan fingerprint density at radius 1 is 0.776 bits per heavy atom. The second-order valence-electron chi connectivity index (χ2n) is 11.1. The predicted octanol–water partition coefficient (Wildman–Crippen LogP) is 8.12. The largest absolute Gasteiger partial charge is 0.496 e. The van der Waals surface area contributed by atoms with E-state index in [1.165, 1.54) is 13.2 Å². The number of fused-ring (bicyclic) bond motifs is 1. The number of methoxy groups -OCH3 is 1. The molecule has 0 spiro atoms. The van der Waals surface area contributed by atoms with E-state index in [1.54, 1.807) is 30.6 Å². The first-order chi connectivity index (χ1) is 23.9. The number of rotatable bonds is 19. The molecule has 0 aliphatic carbocycles. The van der Waals surface area contributed by atoms with Gasteiger partial charge in [0.25, 0.3) is 0 Å². The number of hydrogen-bond donors (Lipinski definition) is 1. The van der Waals surface area contributed by atoms with Crippen molar-refractivity contribution in [2.24, 2.45) is 10.2 Å². The van der Waals surface area contributed by atoms with Crippen LogP contribution in [0.1, 0.15) is 77.7 Å². The Morgan fingerprint density at radius 2 is 1.43 bits per heavy atom. The maximum absolute atomic E-state index is 12.4. The smallest absolute Gasteiger partial charge is 0.341 e. The van der Waals surface area contributed by atoms with Crippen LogP contribution in [0.15, 0.2) is 102 Å². The first-order valence-corrected chi connectivity index (χ1v) is 16.2. The molecule has 0 radical (unpaired) electrons. The van der Waals surface area contributed by atoms with E-state index in [4.69, 9.17) is 23.8 Å². The van der Waals surface area contributed by atoms with Gasteiger partial charge in [-0.25, -0.2) is 14.5 Å². The van der Waals surface area contributed by atoms with Crippen LogP contribution in [0.3, 0.4) is 0 Å². The molecule has 0 aromatic heterocycles. The molecule has 1 atom stereocenters. The molecule has 0 aliphatic rings. The molecule has 0 bridgehead atoms. The van der Waals surface area contributed by atoms with Crippen LogP contribution in [-0.2, 0) is 19.2 Å². The molecule has 4 aromatic carbocycles. The first-order valence-electron chi connectivity index (χ1n) is 16.2. The minimum Gasteiger partial charge on any atom is -0.496 e. The van der Waals surface area contributed by atoms with Crippen molar-refractivity contribution in [3.05, 3.63) is 119 Å². The van der Waals surface area contributed by atoms with Gasteiger partial charge in [-0.05, 0) is 108 Å². The predicted molar refractivity (Wildman–Crippen MR) is 190 cm³/mol.